The van der Waals surface area contributed by atoms with Crippen molar-refractivity contribution in [1.29, 1.82) is 0 Å². The number of benzene rings is 1. The Morgan fingerprint density at radius 1 is 1.30 bits per heavy atom. The molecule has 1 aliphatic rings. The van der Waals surface area contributed by atoms with Crippen LogP contribution in [0.3, 0.4) is 0 Å². The molecule has 3 nitrogen and oxygen atoms in total. The molecule has 0 unspecified atom stereocenters. The predicted molar refractivity (Wildman–Crippen MR) is 72.9 cm³/mol. The summed E-state index contributed by atoms with van der Waals surface area (Å²) < 4.78 is 34.2. The number of hydrogen-bond acceptors (Lipinski definition) is 3. The molecule has 5 heteroatoms. The minimum absolute atomic E-state index is 0.247. The third-order valence-corrected chi connectivity index (χ3v) is 3.80. The minimum atomic E-state index is -2.78. The van der Waals surface area contributed by atoms with Crippen LogP contribution in [0.4, 0.5) is 8.78 Å². The van der Waals surface area contributed by atoms with Gasteiger partial charge in [0.1, 0.15) is 5.75 Å². The maximum absolute atomic E-state index is 12.3. The molecule has 0 aliphatic heterocycles. The molecule has 0 aromatic heterocycles. The predicted octanol–water partition coefficient (Wildman–Crippen LogP) is 3.19. The van der Waals surface area contributed by atoms with Crippen LogP contribution in [0.25, 0.3) is 0 Å². The lowest BCUT2D eigenvalue weighted by atomic mass is 10.0. The van der Waals surface area contributed by atoms with Crippen molar-refractivity contribution >= 4 is 0 Å². The van der Waals surface area contributed by atoms with E-state index in [1.54, 1.807) is 25.3 Å². The lowest BCUT2D eigenvalue weighted by Gasteiger charge is -2.16. The Bertz CT molecular complexity index is 422. The molecule has 1 aromatic rings. The summed E-state index contributed by atoms with van der Waals surface area (Å²) in [5, 5.41) is 3.35. The Balaban J connectivity index is 1.82. The van der Waals surface area contributed by atoms with Crippen molar-refractivity contribution < 1.29 is 18.3 Å². The van der Waals surface area contributed by atoms with Crippen LogP contribution in [0, 0.1) is 5.41 Å². The van der Waals surface area contributed by atoms with Gasteiger partial charge in [-0.15, -0.1) is 0 Å². The van der Waals surface area contributed by atoms with E-state index in [1.807, 2.05) is 6.07 Å². The van der Waals surface area contributed by atoms with Gasteiger partial charge in [0.2, 0.25) is 0 Å². The quantitative estimate of drug-likeness (QED) is 0.756. The maximum atomic E-state index is 12.3. The van der Waals surface area contributed by atoms with E-state index in [9.17, 15) is 8.78 Å². The fourth-order valence-corrected chi connectivity index (χ4v) is 2.33. The molecule has 1 aliphatic carbocycles. The molecule has 20 heavy (non-hydrogen) atoms. The molecule has 1 saturated carbocycles. The molecule has 112 valence electrons. The average Bonchev–Trinajstić information content (AvgIpc) is 3.18. The Morgan fingerprint density at radius 2 is 2.05 bits per heavy atom. The Labute approximate surface area is 118 Å². The smallest absolute Gasteiger partial charge is 0.387 e. The van der Waals surface area contributed by atoms with Crippen molar-refractivity contribution in [1.82, 2.24) is 5.32 Å². The fraction of sp³-hybridized carbons (Fsp3) is 0.600. The van der Waals surface area contributed by atoms with Gasteiger partial charge in [-0.3, -0.25) is 0 Å². The normalized spacial score (nSPS) is 16.4. The van der Waals surface area contributed by atoms with Crippen LogP contribution >= 0.6 is 0 Å². The molecule has 2 rings (SSSR count). The first kappa shape index (κ1) is 15.2. The molecule has 1 aromatic carbocycles. The second-order valence-corrected chi connectivity index (χ2v) is 5.33. The van der Waals surface area contributed by atoms with Gasteiger partial charge < -0.3 is 14.8 Å². The molecule has 0 atom stereocenters. The first-order chi connectivity index (χ1) is 9.65. The highest BCUT2D eigenvalue weighted by molar-refractivity contribution is 5.33. The zero-order valence-electron chi connectivity index (χ0n) is 11.7. The number of nitrogens with one attached hydrogen (secondary N) is 1. The Kier molecular flexibility index (Phi) is 5.31. The molecule has 0 bridgehead atoms. The molecule has 0 heterocycles. The van der Waals surface area contributed by atoms with Gasteiger partial charge in [-0.05, 0) is 30.7 Å². The fourth-order valence-electron chi connectivity index (χ4n) is 2.33. The van der Waals surface area contributed by atoms with Crippen LogP contribution in [0.5, 0.6) is 5.75 Å². The van der Waals surface area contributed by atoms with Crippen molar-refractivity contribution in [2.45, 2.75) is 32.4 Å². The van der Waals surface area contributed by atoms with E-state index in [2.05, 4.69) is 10.1 Å². The summed E-state index contributed by atoms with van der Waals surface area (Å²) in [6, 6.07) is 6.90. The summed E-state index contributed by atoms with van der Waals surface area (Å²) >= 11 is 0. The highest BCUT2D eigenvalue weighted by Crippen LogP contribution is 2.48. The lowest BCUT2D eigenvalue weighted by molar-refractivity contribution is -0.0505. The second kappa shape index (κ2) is 6.99. The van der Waals surface area contributed by atoms with Crippen molar-refractivity contribution in [3.63, 3.8) is 0 Å². The van der Waals surface area contributed by atoms with Crippen LogP contribution in [-0.2, 0) is 11.3 Å². The summed E-state index contributed by atoms with van der Waals surface area (Å²) in [7, 11) is 1.71. The number of hydrogen-bond donors (Lipinski definition) is 1. The van der Waals surface area contributed by atoms with Gasteiger partial charge in [0.15, 0.2) is 0 Å². The zero-order chi connectivity index (χ0) is 14.4. The van der Waals surface area contributed by atoms with Gasteiger partial charge in [-0.2, -0.15) is 8.78 Å². The summed E-state index contributed by atoms with van der Waals surface area (Å²) in [5.41, 5.74) is 1.10. The van der Waals surface area contributed by atoms with Gasteiger partial charge >= 0.3 is 6.61 Å². The van der Waals surface area contributed by atoms with E-state index in [-0.39, 0.29) is 5.75 Å². The van der Waals surface area contributed by atoms with Gasteiger partial charge in [0.25, 0.3) is 0 Å². The van der Waals surface area contributed by atoms with E-state index in [4.69, 9.17) is 4.74 Å². The minimum Gasteiger partial charge on any atom is -0.434 e. The van der Waals surface area contributed by atoms with Gasteiger partial charge in [0.05, 0.1) is 0 Å². The largest absolute Gasteiger partial charge is 0.434 e. The summed E-state index contributed by atoms with van der Waals surface area (Å²) in [4.78, 5) is 0. The highest BCUT2D eigenvalue weighted by atomic mass is 19.3. The third kappa shape index (κ3) is 4.42. The Morgan fingerprint density at radius 3 is 2.70 bits per heavy atom. The second-order valence-electron chi connectivity index (χ2n) is 5.33. The van der Waals surface area contributed by atoms with Crippen LogP contribution in [0.15, 0.2) is 24.3 Å². The van der Waals surface area contributed by atoms with E-state index >= 15 is 0 Å². The number of alkyl halides is 2. The van der Waals surface area contributed by atoms with Gasteiger partial charge in [-0.1, -0.05) is 18.2 Å². The number of halogens is 2. The van der Waals surface area contributed by atoms with Crippen molar-refractivity contribution in [3.05, 3.63) is 29.8 Å². The Hall–Kier alpha value is -1.20. The van der Waals surface area contributed by atoms with Crippen LogP contribution < -0.4 is 10.1 Å². The van der Waals surface area contributed by atoms with Crippen molar-refractivity contribution in [2.24, 2.45) is 5.41 Å². The standard InChI is InChI=1S/C15H21F2NO2/c1-19-9-8-15(6-7-15)11-18-10-12-4-2-3-5-13(12)20-14(16)17/h2-5,14,18H,6-11H2,1H3. The number of para-hydroxylation sites is 1. The summed E-state index contributed by atoms with van der Waals surface area (Å²) in [6.45, 7) is -0.586. The van der Waals surface area contributed by atoms with Crippen LogP contribution in [-0.4, -0.2) is 26.9 Å². The van der Waals surface area contributed by atoms with Crippen LogP contribution in [0.2, 0.25) is 0 Å². The first-order valence-corrected chi connectivity index (χ1v) is 6.88. The van der Waals surface area contributed by atoms with E-state index in [0.29, 0.717) is 12.0 Å². The maximum Gasteiger partial charge on any atom is 0.387 e. The van der Waals surface area contributed by atoms with E-state index in [1.165, 1.54) is 12.8 Å². The zero-order valence-corrected chi connectivity index (χ0v) is 11.7. The van der Waals surface area contributed by atoms with E-state index < -0.39 is 6.61 Å². The SMILES string of the molecule is COCCC1(CNCc2ccccc2OC(F)F)CC1. The highest BCUT2D eigenvalue weighted by Gasteiger charge is 2.41. The molecular formula is C15H21F2NO2. The van der Waals surface area contributed by atoms with Gasteiger partial charge in [-0.25, -0.2) is 0 Å². The van der Waals surface area contributed by atoms with Crippen molar-refractivity contribution in [3.8, 4) is 5.75 Å². The molecule has 0 saturated heterocycles. The molecule has 0 spiro atoms. The topological polar surface area (TPSA) is 30.5 Å². The molecule has 1 fully saturated rings. The lowest BCUT2D eigenvalue weighted by Crippen LogP contribution is -2.25. The van der Waals surface area contributed by atoms with Crippen LogP contribution in [0.1, 0.15) is 24.8 Å². The molecular weight excluding hydrogens is 264 g/mol. The van der Waals surface area contributed by atoms with Crippen molar-refractivity contribution in [2.75, 3.05) is 20.3 Å². The molecule has 0 radical (unpaired) electrons. The number of methoxy groups -OCH3 is 1. The first-order valence-electron chi connectivity index (χ1n) is 6.88. The number of rotatable bonds is 9. The average molecular weight is 285 g/mol. The van der Waals surface area contributed by atoms with Gasteiger partial charge in [0, 0.05) is 32.4 Å². The third-order valence-electron chi connectivity index (χ3n) is 3.80. The van der Waals surface area contributed by atoms with E-state index in [0.717, 1.165) is 25.1 Å². The summed E-state index contributed by atoms with van der Waals surface area (Å²) in [6.07, 6.45) is 3.46. The summed E-state index contributed by atoms with van der Waals surface area (Å²) in [5.74, 6) is 0.247. The monoisotopic (exact) mass is 285 g/mol. The molecule has 0 amide bonds. The number of ether oxygens (including phenoxy) is 2. The molecule has 1 N–H and O–H groups in total.